The third kappa shape index (κ3) is 3.02. The van der Waals surface area contributed by atoms with Crippen LogP contribution in [0.3, 0.4) is 0 Å². The fourth-order valence-corrected chi connectivity index (χ4v) is 4.15. The van der Waals surface area contributed by atoms with Crippen LogP contribution < -0.4 is 14.8 Å². The van der Waals surface area contributed by atoms with E-state index in [9.17, 15) is 4.79 Å². The lowest BCUT2D eigenvalue weighted by atomic mass is 10.2. The first-order chi connectivity index (χ1) is 11.5. The Hall–Kier alpha value is -1.95. The SMILES string of the molecule is COc1ccc(NC(=O)c2sc3cccc(Cl)c3c2Cl)c(OC)c1. The number of methoxy groups -OCH3 is 2. The Kier molecular flexibility index (Phi) is 4.85. The third-order valence-corrected chi connectivity index (χ3v) is 5.43. The summed E-state index contributed by atoms with van der Waals surface area (Å²) < 4.78 is 11.3. The molecular formula is C17H13Cl2NO3S. The lowest BCUT2D eigenvalue weighted by Gasteiger charge is -2.11. The summed E-state index contributed by atoms with van der Waals surface area (Å²) in [6.45, 7) is 0. The molecule has 1 amide bonds. The first-order valence-electron chi connectivity index (χ1n) is 6.95. The van der Waals surface area contributed by atoms with Crippen molar-refractivity contribution in [3.8, 4) is 11.5 Å². The summed E-state index contributed by atoms with van der Waals surface area (Å²) in [6, 6.07) is 10.6. The highest BCUT2D eigenvalue weighted by Crippen LogP contribution is 2.40. The Balaban J connectivity index is 1.96. The minimum atomic E-state index is -0.319. The molecule has 0 aliphatic rings. The first-order valence-corrected chi connectivity index (χ1v) is 8.52. The number of amides is 1. The zero-order valence-corrected chi connectivity index (χ0v) is 15.2. The standard InChI is InChI=1S/C17H13Cl2NO3S/c1-22-9-6-7-11(12(8-9)23-2)20-17(21)16-15(19)14-10(18)4-3-5-13(14)24-16/h3-8H,1-2H3,(H,20,21). The fourth-order valence-electron chi connectivity index (χ4n) is 2.30. The number of halogens is 2. The molecule has 1 heterocycles. The van der Waals surface area contributed by atoms with Crippen LogP contribution in [-0.4, -0.2) is 20.1 Å². The van der Waals surface area contributed by atoms with Gasteiger partial charge in [0, 0.05) is 16.2 Å². The predicted molar refractivity (Wildman–Crippen MR) is 99.3 cm³/mol. The molecule has 0 radical (unpaired) electrons. The smallest absolute Gasteiger partial charge is 0.267 e. The molecule has 124 valence electrons. The van der Waals surface area contributed by atoms with Gasteiger partial charge in [0.05, 0.1) is 30.0 Å². The summed E-state index contributed by atoms with van der Waals surface area (Å²) in [6.07, 6.45) is 0. The number of carbonyl (C=O) groups is 1. The van der Waals surface area contributed by atoms with E-state index in [0.29, 0.717) is 37.5 Å². The normalized spacial score (nSPS) is 10.7. The van der Waals surface area contributed by atoms with Gasteiger partial charge in [0.1, 0.15) is 16.4 Å². The predicted octanol–water partition coefficient (Wildman–Crippen LogP) is 5.48. The van der Waals surface area contributed by atoms with E-state index in [1.165, 1.54) is 18.4 Å². The zero-order chi connectivity index (χ0) is 17.3. The van der Waals surface area contributed by atoms with Crippen molar-refractivity contribution >= 4 is 56.2 Å². The second-order valence-electron chi connectivity index (χ2n) is 4.88. The van der Waals surface area contributed by atoms with Gasteiger partial charge in [-0.2, -0.15) is 0 Å². The molecule has 24 heavy (non-hydrogen) atoms. The minimum absolute atomic E-state index is 0.319. The van der Waals surface area contributed by atoms with Gasteiger partial charge in [-0.05, 0) is 24.3 Å². The van der Waals surface area contributed by atoms with Crippen LogP contribution in [-0.2, 0) is 0 Å². The molecule has 0 bridgehead atoms. The molecule has 1 N–H and O–H groups in total. The monoisotopic (exact) mass is 381 g/mol. The summed E-state index contributed by atoms with van der Waals surface area (Å²) >= 11 is 13.8. The van der Waals surface area contributed by atoms with Crippen LogP contribution in [0.15, 0.2) is 36.4 Å². The Morgan fingerprint density at radius 1 is 1.12 bits per heavy atom. The molecule has 1 aromatic heterocycles. The Morgan fingerprint density at radius 2 is 1.92 bits per heavy atom. The quantitative estimate of drug-likeness (QED) is 0.650. The number of fused-ring (bicyclic) bond motifs is 1. The van der Waals surface area contributed by atoms with E-state index >= 15 is 0 Å². The van der Waals surface area contributed by atoms with Crippen molar-refractivity contribution in [3.63, 3.8) is 0 Å². The summed E-state index contributed by atoms with van der Waals surface area (Å²) in [4.78, 5) is 13.0. The van der Waals surface area contributed by atoms with Gasteiger partial charge < -0.3 is 14.8 Å². The van der Waals surface area contributed by atoms with E-state index in [2.05, 4.69) is 5.32 Å². The second-order valence-corrected chi connectivity index (χ2v) is 6.72. The van der Waals surface area contributed by atoms with Gasteiger partial charge in [-0.15, -0.1) is 11.3 Å². The maximum absolute atomic E-state index is 12.6. The molecule has 0 fully saturated rings. The average molecular weight is 382 g/mol. The molecule has 0 aliphatic carbocycles. The molecule has 3 aromatic rings. The number of anilines is 1. The van der Waals surface area contributed by atoms with Crippen LogP contribution >= 0.6 is 34.5 Å². The van der Waals surface area contributed by atoms with Crippen LogP contribution in [0.1, 0.15) is 9.67 Å². The maximum Gasteiger partial charge on any atom is 0.267 e. The van der Waals surface area contributed by atoms with Crippen LogP contribution in [0.5, 0.6) is 11.5 Å². The third-order valence-electron chi connectivity index (χ3n) is 3.47. The number of thiophene rings is 1. The van der Waals surface area contributed by atoms with Crippen molar-refractivity contribution < 1.29 is 14.3 Å². The van der Waals surface area contributed by atoms with Crippen molar-refractivity contribution in [2.24, 2.45) is 0 Å². The summed E-state index contributed by atoms with van der Waals surface area (Å²) in [7, 11) is 3.09. The van der Waals surface area contributed by atoms with E-state index in [-0.39, 0.29) is 5.91 Å². The highest BCUT2D eigenvalue weighted by Gasteiger charge is 2.20. The maximum atomic E-state index is 12.6. The molecular weight excluding hydrogens is 369 g/mol. The molecule has 0 spiro atoms. The van der Waals surface area contributed by atoms with Gasteiger partial charge >= 0.3 is 0 Å². The summed E-state index contributed by atoms with van der Waals surface area (Å²) in [5.41, 5.74) is 0.530. The van der Waals surface area contributed by atoms with Crippen molar-refractivity contribution in [2.75, 3.05) is 19.5 Å². The largest absolute Gasteiger partial charge is 0.497 e. The Bertz CT molecular complexity index is 924. The van der Waals surface area contributed by atoms with Crippen LogP contribution in [0.4, 0.5) is 5.69 Å². The van der Waals surface area contributed by atoms with E-state index in [1.807, 2.05) is 12.1 Å². The fraction of sp³-hybridized carbons (Fsp3) is 0.118. The Morgan fingerprint density at radius 3 is 2.58 bits per heavy atom. The zero-order valence-electron chi connectivity index (χ0n) is 12.9. The lowest BCUT2D eigenvalue weighted by molar-refractivity contribution is 0.103. The highest BCUT2D eigenvalue weighted by molar-refractivity contribution is 7.21. The van der Waals surface area contributed by atoms with Crippen molar-refractivity contribution in [2.45, 2.75) is 0 Å². The van der Waals surface area contributed by atoms with Crippen molar-refractivity contribution in [3.05, 3.63) is 51.3 Å². The van der Waals surface area contributed by atoms with Crippen LogP contribution in [0.25, 0.3) is 10.1 Å². The number of hydrogen-bond acceptors (Lipinski definition) is 4. The van der Waals surface area contributed by atoms with E-state index in [4.69, 9.17) is 32.7 Å². The van der Waals surface area contributed by atoms with Gasteiger partial charge in [-0.3, -0.25) is 4.79 Å². The van der Waals surface area contributed by atoms with Crippen molar-refractivity contribution in [1.29, 1.82) is 0 Å². The van der Waals surface area contributed by atoms with Gasteiger partial charge in [-0.1, -0.05) is 29.3 Å². The number of benzene rings is 2. The number of ether oxygens (including phenoxy) is 2. The first kappa shape index (κ1) is 16.9. The topological polar surface area (TPSA) is 47.6 Å². The molecule has 0 atom stereocenters. The van der Waals surface area contributed by atoms with Gasteiger partial charge in [0.25, 0.3) is 5.91 Å². The highest BCUT2D eigenvalue weighted by atomic mass is 35.5. The molecule has 0 aliphatic heterocycles. The van der Waals surface area contributed by atoms with Gasteiger partial charge in [0.15, 0.2) is 0 Å². The van der Waals surface area contributed by atoms with E-state index < -0.39 is 0 Å². The van der Waals surface area contributed by atoms with E-state index in [1.54, 1.807) is 31.4 Å². The lowest BCUT2D eigenvalue weighted by Crippen LogP contribution is -2.11. The molecule has 3 rings (SSSR count). The van der Waals surface area contributed by atoms with Crippen LogP contribution in [0, 0.1) is 0 Å². The number of hydrogen-bond donors (Lipinski definition) is 1. The minimum Gasteiger partial charge on any atom is -0.497 e. The van der Waals surface area contributed by atoms with E-state index in [0.717, 1.165) is 4.70 Å². The molecule has 2 aromatic carbocycles. The van der Waals surface area contributed by atoms with Crippen LogP contribution in [0.2, 0.25) is 10.0 Å². The average Bonchev–Trinajstić information content (AvgIpc) is 2.93. The molecule has 0 unspecified atom stereocenters. The Labute approximate surface area is 152 Å². The number of nitrogens with one attached hydrogen (secondary N) is 1. The number of rotatable bonds is 4. The summed E-state index contributed by atoms with van der Waals surface area (Å²) in [5.74, 6) is 0.815. The summed E-state index contributed by atoms with van der Waals surface area (Å²) in [5, 5.41) is 4.38. The van der Waals surface area contributed by atoms with Crippen molar-refractivity contribution in [1.82, 2.24) is 0 Å². The molecule has 0 saturated carbocycles. The van der Waals surface area contributed by atoms with Gasteiger partial charge in [-0.25, -0.2) is 0 Å². The second kappa shape index (κ2) is 6.89. The molecule has 7 heteroatoms. The van der Waals surface area contributed by atoms with Gasteiger partial charge in [0.2, 0.25) is 0 Å². The number of carbonyl (C=O) groups excluding carboxylic acids is 1. The molecule has 0 saturated heterocycles. The molecule has 4 nitrogen and oxygen atoms in total.